The van der Waals surface area contributed by atoms with Crippen molar-refractivity contribution >= 4 is 17.5 Å². The predicted molar refractivity (Wildman–Crippen MR) is 97.4 cm³/mol. The van der Waals surface area contributed by atoms with Crippen LogP contribution in [-0.2, 0) is 9.59 Å². The molecule has 0 spiro atoms. The molecule has 0 radical (unpaired) electrons. The minimum Gasteiger partial charge on any atom is -0.351 e. The highest BCUT2D eigenvalue weighted by Crippen LogP contribution is 2.29. The number of carbonyl (C=O) groups is 2. The highest BCUT2D eigenvalue weighted by atomic mass is 16.2. The highest BCUT2D eigenvalue weighted by Gasteiger charge is 2.40. The van der Waals surface area contributed by atoms with Gasteiger partial charge in [-0.15, -0.1) is 0 Å². The average Bonchev–Trinajstić information content (AvgIpc) is 3.20. The Hall–Kier alpha value is -1.88. The maximum Gasteiger partial charge on any atom is 0.227 e. The summed E-state index contributed by atoms with van der Waals surface area (Å²) in [6, 6.07) is 8.70. The molecular formula is C20H27N3O2. The normalized spacial score (nSPS) is 29.7. The van der Waals surface area contributed by atoms with Gasteiger partial charge in [0.15, 0.2) is 0 Å². The summed E-state index contributed by atoms with van der Waals surface area (Å²) in [5, 5.41) is 3.26. The lowest BCUT2D eigenvalue weighted by molar-refractivity contribution is -0.127. The molecule has 0 unspecified atom stereocenters. The third kappa shape index (κ3) is 3.30. The van der Waals surface area contributed by atoms with Crippen molar-refractivity contribution in [3.8, 4) is 0 Å². The number of anilines is 1. The van der Waals surface area contributed by atoms with Crippen LogP contribution < -0.4 is 10.2 Å². The monoisotopic (exact) mass is 341 g/mol. The quantitative estimate of drug-likeness (QED) is 0.916. The van der Waals surface area contributed by atoms with Crippen LogP contribution in [0.2, 0.25) is 0 Å². The van der Waals surface area contributed by atoms with Gasteiger partial charge in [-0.05, 0) is 44.9 Å². The summed E-state index contributed by atoms with van der Waals surface area (Å²) in [4.78, 5) is 29.4. The number of amides is 2. The van der Waals surface area contributed by atoms with Crippen LogP contribution in [0.4, 0.5) is 5.69 Å². The zero-order chi connectivity index (χ0) is 17.4. The summed E-state index contributed by atoms with van der Waals surface area (Å²) in [6.45, 7) is 4.78. The number of carbonyl (C=O) groups excluding carboxylic acids is 2. The first-order valence-corrected chi connectivity index (χ1v) is 9.53. The lowest BCUT2D eigenvalue weighted by Crippen LogP contribution is -2.48. The minimum atomic E-state index is -0.230. The fourth-order valence-electron chi connectivity index (χ4n) is 4.57. The Kier molecular flexibility index (Phi) is 4.50. The number of hydrogen-bond acceptors (Lipinski definition) is 3. The van der Waals surface area contributed by atoms with Gasteiger partial charge >= 0.3 is 0 Å². The lowest BCUT2D eigenvalue weighted by Gasteiger charge is -2.32. The number of benzene rings is 1. The third-order valence-electron chi connectivity index (χ3n) is 6.03. The van der Waals surface area contributed by atoms with Crippen LogP contribution in [0, 0.1) is 12.8 Å². The Morgan fingerprint density at radius 2 is 1.92 bits per heavy atom. The molecule has 3 atom stereocenters. The number of hydrogen-bond donors (Lipinski definition) is 1. The van der Waals surface area contributed by atoms with Crippen molar-refractivity contribution in [2.45, 2.75) is 51.1 Å². The van der Waals surface area contributed by atoms with Crippen LogP contribution in [-0.4, -0.2) is 48.4 Å². The van der Waals surface area contributed by atoms with Gasteiger partial charge in [0.25, 0.3) is 0 Å². The number of nitrogens with zero attached hydrogens (tertiary/aromatic N) is 2. The smallest absolute Gasteiger partial charge is 0.227 e. The Morgan fingerprint density at radius 1 is 1.12 bits per heavy atom. The number of aryl methyl sites for hydroxylation is 1. The molecule has 4 rings (SSSR count). The summed E-state index contributed by atoms with van der Waals surface area (Å²) in [5.74, 6) is -0.124. The van der Waals surface area contributed by atoms with E-state index in [2.05, 4.69) is 10.2 Å². The fourth-order valence-corrected chi connectivity index (χ4v) is 4.57. The van der Waals surface area contributed by atoms with E-state index in [0.717, 1.165) is 18.7 Å². The zero-order valence-corrected chi connectivity index (χ0v) is 14.9. The topological polar surface area (TPSA) is 52.7 Å². The molecule has 0 bridgehead atoms. The number of nitrogens with one attached hydrogen (secondary N) is 1. The maximum atomic E-state index is 12.7. The van der Waals surface area contributed by atoms with Crippen LogP contribution in [0.15, 0.2) is 24.3 Å². The van der Waals surface area contributed by atoms with E-state index in [0.29, 0.717) is 19.0 Å². The Labute approximate surface area is 149 Å². The van der Waals surface area contributed by atoms with E-state index >= 15 is 0 Å². The zero-order valence-electron chi connectivity index (χ0n) is 14.9. The summed E-state index contributed by atoms with van der Waals surface area (Å²) < 4.78 is 0. The van der Waals surface area contributed by atoms with Crippen LogP contribution in [0.1, 0.15) is 37.7 Å². The molecule has 1 aromatic rings. The van der Waals surface area contributed by atoms with Crippen molar-refractivity contribution in [1.82, 2.24) is 10.2 Å². The van der Waals surface area contributed by atoms with E-state index in [4.69, 9.17) is 0 Å². The fraction of sp³-hybridized carbons (Fsp3) is 0.600. The van der Waals surface area contributed by atoms with Gasteiger partial charge in [0.1, 0.15) is 0 Å². The van der Waals surface area contributed by atoms with Crippen molar-refractivity contribution in [1.29, 1.82) is 0 Å². The van der Waals surface area contributed by atoms with E-state index in [1.807, 2.05) is 31.2 Å². The molecule has 5 heteroatoms. The molecule has 1 aromatic carbocycles. The van der Waals surface area contributed by atoms with Crippen molar-refractivity contribution in [2.24, 2.45) is 5.92 Å². The Bertz CT molecular complexity index is 657. The molecule has 3 aliphatic rings. The molecule has 25 heavy (non-hydrogen) atoms. The largest absolute Gasteiger partial charge is 0.351 e. The van der Waals surface area contributed by atoms with Gasteiger partial charge in [-0.2, -0.15) is 0 Å². The average molecular weight is 341 g/mol. The molecule has 5 nitrogen and oxygen atoms in total. The van der Waals surface area contributed by atoms with Crippen LogP contribution in [0.5, 0.6) is 0 Å². The van der Waals surface area contributed by atoms with Crippen molar-refractivity contribution in [3.63, 3.8) is 0 Å². The molecule has 3 heterocycles. The predicted octanol–water partition coefficient (Wildman–Crippen LogP) is 2.09. The van der Waals surface area contributed by atoms with Crippen LogP contribution in [0.25, 0.3) is 0 Å². The third-order valence-corrected chi connectivity index (χ3v) is 6.03. The van der Waals surface area contributed by atoms with Gasteiger partial charge in [-0.3, -0.25) is 14.5 Å². The molecule has 134 valence electrons. The molecular weight excluding hydrogens is 314 g/mol. The maximum absolute atomic E-state index is 12.7. The van der Waals surface area contributed by atoms with Gasteiger partial charge in [0.2, 0.25) is 11.8 Å². The second-order valence-electron chi connectivity index (χ2n) is 7.74. The molecule has 1 N–H and O–H groups in total. The summed E-state index contributed by atoms with van der Waals surface area (Å²) in [7, 11) is 0. The second kappa shape index (κ2) is 6.79. The first-order valence-electron chi connectivity index (χ1n) is 9.53. The summed E-state index contributed by atoms with van der Waals surface area (Å²) >= 11 is 0. The van der Waals surface area contributed by atoms with Gasteiger partial charge in [-0.1, -0.05) is 24.1 Å². The first-order chi connectivity index (χ1) is 12.1. The molecule has 3 saturated heterocycles. The number of fused-ring (bicyclic) bond motifs is 1. The number of piperidine rings is 1. The van der Waals surface area contributed by atoms with E-state index in [9.17, 15) is 9.59 Å². The van der Waals surface area contributed by atoms with E-state index < -0.39 is 0 Å². The Balaban J connectivity index is 1.38. The molecule has 0 saturated carbocycles. The van der Waals surface area contributed by atoms with Gasteiger partial charge in [0.05, 0.1) is 5.92 Å². The Morgan fingerprint density at radius 3 is 2.72 bits per heavy atom. The first kappa shape index (κ1) is 16.6. The van der Waals surface area contributed by atoms with Crippen LogP contribution in [0.3, 0.4) is 0 Å². The molecule has 3 aliphatic heterocycles. The van der Waals surface area contributed by atoms with Crippen molar-refractivity contribution in [2.75, 3.05) is 24.5 Å². The molecule has 2 amide bonds. The second-order valence-corrected chi connectivity index (χ2v) is 7.74. The molecule has 0 aliphatic carbocycles. The summed E-state index contributed by atoms with van der Waals surface area (Å²) in [6.07, 6.45) is 5.08. The molecule has 0 aromatic heterocycles. The van der Waals surface area contributed by atoms with Gasteiger partial charge < -0.3 is 10.2 Å². The molecule has 3 fully saturated rings. The van der Waals surface area contributed by atoms with Gasteiger partial charge in [0, 0.05) is 37.3 Å². The van der Waals surface area contributed by atoms with E-state index in [1.165, 1.54) is 31.4 Å². The van der Waals surface area contributed by atoms with Crippen molar-refractivity contribution < 1.29 is 9.59 Å². The van der Waals surface area contributed by atoms with E-state index in [-0.39, 0.29) is 23.8 Å². The highest BCUT2D eigenvalue weighted by molar-refractivity contribution is 6.00. The van der Waals surface area contributed by atoms with E-state index in [1.54, 1.807) is 4.90 Å². The number of rotatable bonds is 3. The van der Waals surface area contributed by atoms with Crippen molar-refractivity contribution in [3.05, 3.63) is 29.8 Å². The minimum absolute atomic E-state index is 0.0507. The van der Waals surface area contributed by atoms with Gasteiger partial charge in [-0.25, -0.2) is 0 Å². The standard InChI is InChI=1S/C20H27N3O2/c1-14-5-7-16(8-6-14)23-13-15(12-19(23)24)20(25)21-17-9-11-22-10-3-2-4-18(17)22/h5-8,15,17-18H,2-4,9-13H2,1H3,(H,21,25)/t15-,17+,18+/m1/s1. The SMILES string of the molecule is Cc1ccc(N2C[C@H](C(=O)N[C@H]3CCN4CCCC[C@@H]34)CC2=O)cc1. The summed E-state index contributed by atoms with van der Waals surface area (Å²) in [5.41, 5.74) is 2.06. The lowest BCUT2D eigenvalue weighted by atomic mass is 9.98. The van der Waals surface area contributed by atoms with Crippen LogP contribution >= 0.6 is 0 Å².